The SMILES string of the molecule is CCN(CC(=O)OC)c1ncnc2ccccc12. The van der Waals surface area contributed by atoms with Crippen molar-refractivity contribution in [1.29, 1.82) is 0 Å². The molecule has 2 aromatic rings. The molecule has 0 aliphatic carbocycles. The van der Waals surface area contributed by atoms with Crippen molar-refractivity contribution < 1.29 is 9.53 Å². The average Bonchev–Trinajstić information content (AvgIpc) is 2.44. The number of benzene rings is 1. The highest BCUT2D eigenvalue weighted by Crippen LogP contribution is 2.22. The Labute approximate surface area is 105 Å². The van der Waals surface area contributed by atoms with E-state index in [1.54, 1.807) is 0 Å². The van der Waals surface area contributed by atoms with E-state index in [9.17, 15) is 4.79 Å². The molecule has 2 rings (SSSR count). The van der Waals surface area contributed by atoms with E-state index < -0.39 is 0 Å². The normalized spacial score (nSPS) is 10.3. The van der Waals surface area contributed by atoms with E-state index in [-0.39, 0.29) is 12.5 Å². The monoisotopic (exact) mass is 245 g/mol. The number of hydrogen-bond donors (Lipinski definition) is 0. The first-order valence-corrected chi connectivity index (χ1v) is 5.77. The molecule has 0 aliphatic rings. The van der Waals surface area contributed by atoms with Crippen LogP contribution in [0.2, 0.25) is 0 Å². The van der Waals surface area contributed by atoms with Crippen LogP contribution < -0.4 is 4.90 Å². The summed E-state index contributed by atoms with van der Waals surface area (Å²) in [5.74, 6) is 0.480. The lowest BCUT2D eigenvalue weighted by atomic mass is 10.2. The van der Waals surface area contributed by atoms with E-state index in [2.05, 4.69) is 9.97 Å². The molecule has 0 bridgehead atoms. The van der Waals surface area contributed by atoms with E-state index >= 15 is 0 Å². The lowest BCUT2D eigenvalue weighted by Crippen LogP contribution is -2.31. The number of likely N-dealkylation sites (N-methyl/N-ethyl adjacent to an activating group) is 1. The summed E-state index contributed by atoms with van der Waals surface area (Å²) in [5, 5.41) is 0.936. The molecule has 18 heavy (non-hydrogen) atoms. The molecule has 94 valence electrons. The van der Waals surface area contributed by atoms with Gasteiger partial charge in [0.15, 0.2) is 0 Å². The smallest absolute Gasteiger partial charge is 0.325 e. The molecular weight excluding hydrogens is 230 g/mol. The van der Waals surface area contributed by atoms with Crippen LogP contribution in [0.3, 0.4) is 0 Å². The molecule has 0 N–H and O–H groups in total. The summed E-state index contributed by atoms with van der Waals surface area (Å²) < 4.78 is 4.69. The third-order valence-electron chi connectivity index (χ3n) is 2.75. The minimum Gasteiger partial charge on any atom is -0.468 e. The number of ether oxygens (including phenoxy) is 1. The molecule has 0 radical (unpaired) electrons. The standard InChI is InChI=1S/C13H15N3O2/c1-3-16(8-12(17)18-2)13-10-6-4-5-7-11(10)14-9-15-13/h4-7,9H,3,8H2,1-2H3. The number of nitrogens with zero attached hydrogens (tertiary/aromatic N) is 3. The van der Waals surface area contributed by atoms with Crippen molar-refractivity contribution in [2.24, 2.45) is 0 Å². The summed E-state index contributed by atoms with van der Waals surface area (Å²) in [6.07, 6.45) is 1.51. The number of fused-ring (bicyclic) bond motifs is 1. The van der Waals surface area contributed by atoms with Gasteiger partial charge in [0.1, 0.15) is 18.7 Å². The molecule has 0 spiro atoms. The number of para-hydroxylation sites is 1. The Morgan fingerprint density at radius 1 is 1.33 bits per heavy atom. The van der Waals surface area contributed by atoms with Crippen molar-refractivity contribution in [2.45, 2.75) is 6.92 Å². The van der Waals surface area contributed by atoms with Crippen molar-refractivity contribution >= 4 is 22.7 Å². The maximum atomic E-state index is 11.4. The number of hydrogen-bond acceptors (Lipinski definition) is 5. The Balaban J connectivity index is 2.41. The minimum absolute atomic E-state index is 0.188. The Morgan fingerprint density at radius 3 is 2.83 bits per heavy atom. The number of aromatic nitrogens is 2. The molecule has 5 nitrogen and oxygen atoms in total. The highest BCUT2D eigenvalue weighted by atomic mass is 16.5. The summed E-state index contributed by atoms with van der Waals surface area (Å²) in [4.78, 5) is 21.7. The largest absolute Gasteiger partial charge is 0.468 e. The third kappa shape index (κ3) is 2.40. The maximum absolute atomic E-state index is 11.4. The zero-order valence-corrected chi connectivity index (χ0v) is 10.5. The molecule has 0 aliphatic heterocycles. The molecule has 0 saturated heterocycles. The molecule has 1 heterocycles. The molecule has 5 heteroatoms. The lowest BCUT2D eigenvalue weighted by Gasteiger charge is -2.21. The van der Waals surface area contributed by atoms with Gasteiger partial charge in [0.2, 0.25) is 0 Å². The van der Waals surface area contributed by atoms with Gasteiger partial charge in [0, 0.05) is 11.9 Å². The van der Waals surface area contributed by atoms with E-state index in [1.807, 2.05) is 36.1 Å². The topological polar surface area (TPSA) is 55.3 Å². The molecule has 0 atom stereocenters. The Kier molecular flexibility index (Phi) is 3.72. The number of esters is 1. The van der Waals surface area contributed by atoms with Crippen LogP contribution in [0, 0.1) is 0 Å². The molecule has 1 aromatic heterocycles. The van der Waals surface area contributed by atoms with Crippen LogP contribution in [-0.4, -0.2) is 36.1 Å². The molecule has 0 saturated carbocycles. The van der Waals surface area contributed by atoms with Crippen LogP contribution in [0.15, 0.2) is 30.6 Å². The van der Waals surface area contributed by atoms with Crippen LogP contribution >= 0.6 is 0 Å². The molecule has 1 aromatic carbocycles. The van der Waals surface area contributed by atoms with Crippen LogP contribution in [0.5, 0.6) is 0 Å². The predicted octanol–water partition coefficient (Wildman–Crippen LogP) is 1.63. The first kappa shape index (κ1) is 12.3. The second-order valence-corrected chi connectivity index (χ2v) is 3.80. The van der Waals surface area contributed by atoms with Crippen LogP contribution in [0.4, 0.5) is 5.82 Å². The van der Waals surface area contributed by atoms with Crippen molar-refractivity contribution in [3.63, 3.8) is 0 Å². The lowest BCUT2D eigenvalue weighted by molar-refractivity contribution is -0.138. The van der Waals surface area contributed by atoms with Crippen molar-refractivity contribution in [2.75, 3.05) is 25.1 Å². The highest BCUT2D eigenvalue weighted by Gasteiger charge is 2.14. The predicted molar refractivity (Wildman–Crippen MR) is 69.4 cm³/mol. The number of carbonyl (C=O) groups excluding carboxylic acids is 1. The van der Waals surface area contributed by atoms with Gasteiger partial charge in [0.25, 0.3) is 0 Å². The molecular formula is C13H15N3O2. The van der Waals surface area contributed by atoms with Gasteiger partial charge in [-0.05, 0) is 19.1 Å². The van der Waals surface area contributed by atoms with Crippen LogP contribution in [0.25, 0.3) is 10.9 Å². The zero-order valence-electron chi connectivity index (χ0n) is 10.5. The maximum Gasteiger partial charge on any atom is 0.325 e. The van der Waals surface area contributed by atoms with Crippen molar-refractivity contribution in [1.82, 2.24) is 9.97 Å². The van der Waals surface area contributed by atoms with Crippen molar-refractivity contribution in [3.8, 4) is 0 Å². The van der Waals surface area contributed by atoms with E-state index in [0.717, 1.165) is 16.7 Å². The van der Waals surface area contributed by atoms with Gasteiger partial charge in [-0.3, -0.25) is 4.79 Å². The van der Waals surface area contributed by atoms with Crippen LogP contribution in [0.1, 0.15) is 6.92 Å². The summed E-state index contributed by atoms with van der Waals surface area (Å²) in [5.41, 5.74) is 0.866. The van der Waals surface area contributed by atoms with Gasteiger partial charge in [-0.25, -0.2) is 9.97 Å². The number of rotatable bonds is 4. The van der Waals surface area contributed by atoms with E-state index in [4.69, 9.17) is 4.74 Å². The Bertz CT molecular complexity index is 551. The fourth-order valence-corrected chi connectivity index (χ4v) is 1.80. The van der Waals surface area contributed by atoms with Gasteiger partial charge in [-0.1, -0.05) is 12.1 Å². The Hall–Kier alpha value is -2.17. The van der Waals surface area contributed by atoms with Gasteiger partial charge in [0.05, 0.1) is 12.6 Å². The number of methoxy groups -OCH3 is 1. The summed E-state index contributed by atoms with van der Waals surface area (Å²) in [7, 11) is 1.38. The van der Waals surface area contributed by atoms with Crippen molar-refractivity contribution in [3.05, 3.63) is 30.6 Å². The first-order chi connectivity index (χ1) is 8.76. The average molecular weight is 245 g/mol. The molecule has 0 fully saturated rings. The van der Waals surface area contributed by atoms with E-state index in [0.29, 0.717) is 6.54 Å². The second kappa shape index (κ2) is 5.44. The fourth-order valence-electron chi connectivity index (χ4n) is 1.80. The number of anilines is 1. The fraction of sp³-hybridized carbons (Fsp3) is 0.308. The molecule has 0 amide bonds. The third-order valence-corrected chi connectivity index (χ3v) is 2.75. The summed E-state index contributed by atoms with van der Waals surface area (Å²) in [6.45, 7) is 2.84. The van der Waals surface area contributed by atoms with E-state index in [1.165, 1.54) is 13.4 Å². The zero-order chi connectivity index (χ0) is 13.0. The Morgan fingerprint density at radius 2 is 2.11 bits per heavy atom. The summed E-state index contributed by atoms with van der Waals surface area (Å²) >= 11 is 0. The van der Waals surface area contributed by atoms with Crippen LogP contribution in [-0.2, 0) is 9.53 Å². The minimum atomic E-state index is -0.278. The van der Waals surface area contributed by atoms with Gasteiger partial charge < -0.3 is 9.64 Å². The highest BCUT2D eigenvalue weighted by molar-refractivity contribution is 5.90. The number of carbonyl (C=O) groups is 1. The van der Waals surface area contributed by atoms with Gasteiger partial charge in [-0.2, -0.15) is 0 Å². The van der Waals surface area contributed by atoms with Gasteiger partial charge >= 0.3 is 5.97 Å². The second-order valence-electron chi connectivity index (χ2n) is 3.80. The molecule has 0 unspecified atom stereocenters. The summed E-state index contributed by atoms with van der Waals surface area (Å²) in [6, 6.07) is 7.73. The first-order valence-electron chi connectivity index (χ1n) is 5.77. The quantitative estimate of drug-likeness (QED) is 0.766. The van der Waals surface area contributed by atoms with Gasteiger partial charge in [-0.15, -0.1) is 0 Å².